The standard InChI is InChI=1S/C24H25F3N2O/c1-12(2)13(3)24(30)28-18-8-15(9-18)21-19-10-17(26)11-20(27)23(19)29-22(21)14-4-6-16(25)7-5-14/h4-7,10-13,15,18,29H,8-9H2,1-3H3,(H,28,30)/t13?,15-,18-. The van der Waals surface area contributed by atoms with Crippen LogP contribution in [0.15, 0.2) is 36.4 Å². The number of aromatic amines is 1. The van der Waals surface area contributed by atoms with Crippen LogP contribution in [0.2, 0.25) is 0 Å². The minimum Gasteiger partial charge on any atom is -0.353 e. The lowest BCUT2D eigenvalue weighted by molar-refractivity contribution is -0.127. The summed E-state index contributed by atoms with van der Waals surface area (Å²) in [5.41, 5.74) is 2.44. The van der Waals surface area contributed by atoms with Crippen LogP contribution in [0.25, 0.3) is 22.2 Å². The minimum absolute atomic E-state index is 0.0308. The molecule has 1 aromatic heterocycles. The van der Waals surface area contributed by atoms with Crippen molar-refractivity contribution in [1.29, 1.82) is 0 Å². The molecule has 1 saturated carbocycles. The summed E-state index contributed by atoms with van der Waals surface area (Å²) >= 11 is 0. The molecule has 1 heterocycles. The number of benzene rings is 2. The van der Waals surface area contributed by atoms with E-state index in [-0.39, 0.29) is 41.0 Å². The summed E-state index contributed by atoms with van der Waals surface area (Å²) in [6, 6.07) is 8.17. The lowest BCUT2D eigenvalue weighted by Gasteiger charge is -2.37. The first-order valence-corrected chi connectivity index (χ1v) is 10.3. The van der Waals surface area contributed by atoms with Crippen LogP contribution in [0.1, 0.15) is 45.1 Å². The molecule has 1 atom stereocenters. The van der Waals surface area contributed by atoms with Gasteiger partial charge in [0.05, 0.1) is 11.2 Å². The van der Waals surface area contributed by atoms with Gasteiger partial charge in [0.1, 0.15) is 17.5 Å². The van der Waals surface area contributed by atoms with E-state index in [4.69, 9.17) is 0 Å². The normalized spacial score (nSPS) is 19.7. The van der Waals surface area contributed by atoms with Crippen molar-refractivity contribution in [3.05, 3.63) is 59.4 Å². The first-order valence-electron chi connectivity index (χ1n) is 10.3. The van der Waals surface area contributed by atoms with Gasteiger partial charge in [-0.05, 0) is 66.1 Å². The molecule has 3 aromatic rings. The summed E-state index contributed by atoms with van der Waals surface area (Å²) in [7, 11) is 0. The van der Waals surface area contributed by atoms with Crippen molar-refractivity contribution in [3.8, 4) is 11.3 Å². The van der Waals surface area contributed by atoms with Gasteiger partial charge >= 0.3 is 0 Å². The first-order chi connectivity index (χ1) is 14.2. The fourth-order valence-corrected chi connectivity index (χ4v) is 4.12. The van der Waals surface area contributed by atoms with Gasteiger partial charge in [-0.15, -0.1) is 0 Å². The molecule has 1 amide bonds. The number of halogens is 3. The van der Waals surface area contributed by atoms with E-state index in [0.29, 0.717) is 29.5 Å². The summed E-state index contributed by atoms with van der Waals surface area (Å²) < 4.78 is 41.8. The quantitative estimate of drug-likeness (QED) is 0.536. The van der Waals surface area contributed by atoms with E-state index >= 15 is 0 Å². The number of hydrogen-bond acceptors (Lipinski definition) is 1. The minimum atomic E-state index is -0.658. The molecule has 1 aliphatic carbocycles. The smallest absolute Gasteiger partial charge is 0.223 e. The Bertz CT molecular complexity index is 1080. The SMILES string of the molecule is CC(C)C(C)C(=O)N[C@H]1C[C@H](c2c(-c3ccc(F)cc3)[nH]c3c(F)cc(F)cc32)C1. The Morgan fingerprint density at radius 2 is 1.70 bits per heavy atom. The van der Waals surface area contributed by atoms with E-state index in [1.165, 1.54) is 18.2 Å². The third-order valence-corrected chi connectivity index (χ3v) is 6.30. The Hall–Kier alpha value is -2.76. The summed E-state index contributed by atoms with van der Waals surface area (Å²) in [4.78, 5) is 15.4. The van der Waals surface area contributed by atoms with Gasteiger partial charge in [0.15, 0.2) is 0 Å². The highest BCUT2D eigenvalue weighted by atomic mass is 19.1. The lowest BCUT2D eigenvalue weighted by Crippen LogP contribution is -2.46. The second kappa shape index (κ2) is 7.82. The molecule has 30 heavy (non-hydrogen) atoms. The van der Waals surface area contributed by atoms with Crippen molar-refractivity contribution in [2.24, 2.45) is 11.8 Å². The van der Waals surface area contributed by atoms with E-state index in [9.17, 15) is 18.0 Å². The Morgan fingerprint density at radius 3 is 2.33 bits per heavy atom. The third kappa shape index (κ3) is 3.71. The molecule has 0 aliphatic heterocycles. The Morgan fingerprint density at radius 1 is 1.03 bits per heavy atom. The molecule has 4 rings (SSSR count). The predicted molar refractivity (Wildman–Crippen MR) is 112 cm³/mol. The number of hydrogen-bond donors (Lipinski definition) is 2. The molecule has 1 aliphatic rings. The molecule has 0 saturated heterocycles. The van der Waals surface area contributed by atoms with Crippen LogP contribution < -0.4 is 5.32 Å². The molecule has 2 N–H and O–H groups in total. The van der Waals surface area contributed by atoms with Gasteiger partial charge in [-0.3, -0.25) is 4.79 Å². The lowest BCUT2D eigenvalue weighted by atomic mass is 9.74. The monoisotopic (exact) mass is 414 g/mol. The summed E-state index contributed by atoms with van der Waals surface area (Å²) in [5, 5.41) is 3.58. The van der Waals surface area contributed by atoms with Gasteiger partial charge in [0.2, 0.25) is 5.91 Å². The number of rotatable bonds is 5. The van der Waals surface area contributed by atoms with Crippen molar-refractivity contribution in [1.82, 2.24) is 10.3 Å². The van der Waals surface area contributed by atoms with Crippen LogP contribution in [-0.2, 0) is 4.79 Å². The van der Waals surface area contributed by atoms with E-state index in [1.807, 2.05) is 20.8 Å². The number of aromatic nitrogens is 1. The van der Waals surface area contributed by atoms with Crippen LogP contribution in [0.4, 0.5) is 13.2 Å². The Labute approximate surface area is 173 Å². The van der Waals surface area contributed by atoms with Crippen molar-refractivity contribution in [2.75, 3.05) is 0 Å². The maximum atomic E-state index is 14.4. The maximum absolute atomic E-state index is 14.4. The number of amides is 1. The zero-order chi connectivity index (χ0) is 21.6. The molecule has 2 aromatic carbocycles. The van der Waals surface area contributed by atoms with Crippen molar-refractivity contribution in [2.45, 2.75) is 45.6 Å². The molecule has 1 fully saturated rings. The van der Waals surface area contributed by atoms with Crippen LogP contribution in [0.5, 0.6) is 0 Å². The second-order valence-corrected chi connectivity index (χ2v) is 8.64. The number of H-pyrrole nitrogens is 1. The average molecular weight is 414 g/mol. The number of carbonyl (C=O) groups is 1. The highest BCUT2D eigenvalue weighted by Gasteiger charge is 2.36. The molecular weight excluding hydrogens is 389 g/mol. The fraction of sp³-hybridized carbons (Fsp3) is 0.375. The van der Waals surface area contributed by atoms with Crippen LogP contribution in [0.3, 0.4) is 0 Å². The zero-order valence-corrected chi connectivity index (χ0v) is 17.2. The van der Waals surface area contributed by atoms with E-state index in [0.717, 1.165) is 11.6 Å². The molecule has 3 nitrogen and oxygen atoms in total. The van der Waals surface area contributed by atoms with Crippen LogP contribution >= 0.6 is 0 Å². The predicted octanol–water partition coefficient (Wildman–Crippen LogP) is 5.91. The number of carbonyl (C=O) groups excluding carboxylic acids is 1. The van der Waals surface area contributed by atoms with Crippen molar-refractivity contribution < 1.29 is 18.0 Å². The summed E-state index contributed by atoms with van der Waals surface area (Å²) in [6.45, 7) is 5.93. The Kier molecular flexibility index (Phi) is 5.35. The zero-order valence-electron chi connectivity index (χ0n) is 17.2. The highest BCUT2D eigenvalue weighted by molar-refractivity contribution is 5.92. The van der Waals surface area contributed by atoms with Gasteiger partial charge in [0, 0.05) is 23.4 Å². The molecule has 6 heteroatoms. The molecule has 0 bridgehead atoms. The maximum Gasteiger partial charge on any atom is 0.223 e. The topological polar surface area (TPSA) is 44.9 Å². The van der Waals surface area contributed by atoms with Crippen LogP contribution in [-0.4, -0.2) is 16.9 Å². The summed E-state index contributed by atoms with van der Waals surface area (Å²) in [5.74, 6) is -1.40. The largest absolute Gasteiger partial charge is 0.353 e. The first kappa shape index (κ1) is 20.5. The molecule has 1 unspecified atom stereocenters. The number of fused-ring (bicyclic) bond motifs is 1. The van der Waals surface area contributed by atoms with Gasteiger partial charge in [-0.1, -0.05) is 20.8 Å². The number of nitrogens with one attached hydrogen (secondary N) is 2. The van der Waals surface area contributed by atoms with Gasteiger partial charge in [-0.2, -0.15) is 0 Å². The summed E-state index contributed by atoms with van der Waals surface area (Å²) in [6.07, 6.45) is 1.38. The fourth-order valence-electron chi connectivity index (χ4n) is 4.12. The highest BCUT2D eigenvalue weighted by Crippen LogP contribution is 2.45. The van der Waals surface area contributed by atoms with Gasteiger partial charge < -0.3 is 10.3 Å². The third-order valence-electron chi connectivity index (χ3n) is 6.30. The van der Waals surface area contributed by atoms with Crippen LogP contribution in [0, 0.1) is 29.3 Å². The average Bonchev–Trinajstić information content (AvgIpc) is 3.03. The second-order valence-electron chi connectivity index (χ2n) is 8.64. The van der Waals surface area contributed by atoms with E-state index < -0.39 is 11.6 Å². The molecule has 158 valence electrons. The van der Waals surface area contributed by atoms with Crippen molar-refractivity contribution in [3.63, 3.8) is 0 Å². The molecule has 0 spiro atoms. The Balaban J connectivity index is 1.66. The molecule has 0 radical (unpaired) electrons. The van der Waals surface area contributed by atoms with Crippen molar-refractivity contribution >= 4 is 16.8 Å². The van der Waals surface area contributed by atoms with E-state index in [1.54, 1.807) is 12.1 Å². The van der Waals surface area contributed by atoms with E-state index in [2.05, 4.69) is 10.3 Å². The molecular formula is C24H25F3N2O. The van der Waals surface area contributed by atoms with Gasteiger partial charge in [0.25, 0.3) is 0 Å². The van der Waals surface area contributed by atoms with Gasteiger partial charge in [-0.25, -0.2) is 13.2 Å².